The van der Waals surface area contributed by atoms with Crippen molar-refractivity contribution < 1.29 is 4.79 Å². The molecule has 0 fully saturated rings. The molecule has 21 heavy (non-hydrogen) atoms. The Labute approximate surface area is 130 Å². The first-order valence-corrected chi connectivity index (χ1v) is 8.29. The number of hydrogen-bond acceptors (Lipinski definition) is 1. The average molecular weight is 289 g/mol. The topological polar surface area (TPSA) is 20.3 Å². The molecular formula is C19H31NO. The van der Waals surface area contributed by atoms with E-state index in [2.05, 4.69) is 27.7 Å². The maximum absolute atomic E-state index is 12.6. The first-order valence-electron chi connectivity index (χ1n) is 8.29. The van der Waals surface area contributed by atoms with Crippen LogP contribution in [0.15, 0.2) is 30.3 Å². The normalized spacial score (nSPS) is 11.4. The molecule has 0 radical (unpaired) electrons. The quantitative estimate of drug-likeness (QED) is 0.585. The zero-order valence-electron chi connectivity index (χ0n) is 14.2. The van der Waals surface area contributed by atoms with E-state index in [1.54, 1.807) is 0 Å². The van der Waals surface area contributed by atoms with Crippen molar-refractivity contribution in [1.29, 1.82) is 0 Å². The van der Waals surface area contributed by atoms with Crippen LogP contribution < -0.4 is 4.90 Å². The lowest BCUT2D eigenvalue weighted by atomic mass is 9.91. The SMILES string of the molecule is CCCCCCCN(C(=O)CC(C)(C)C)c1ccccc1. The minimum absolute atomic E-state index is 0.0341. The minimum atomic E-state index is 0.0341. The van der Waals surface area contributed by atoms with Crippen LogP contribution in [0.1, 0.15) is 66.2 Å². The van der Waals surface area contributed by atoms with E-state index in [1.165, 1.54) is 25.7 Å². The van der Waals surface area contributed by atoms with E-state index in [0.717, 1.165) is 18.7 Å². The molecule has 0 saturated carbocycles. The fourth-order valence-electron chi connectivity index (χ4n) is 2.43. The van der Waals surface area contributed by atoms with E-state index in [-0.39, 0.29) is 11.3 Å². The van der Waals surface area contributed by atoms with Gasteiger partial charge in [-0.3, -0.25) is 4.79 Å². The first kappa shape index (κ1) is 17.7. The molecule has 2 heteroatoms. The van der Waals surface area contributed by atoms with Gasteiger partial charge in [0.1, 0.15) is 0 Å². The Morgan fingerprint density at radius 1 is 1.00 bits per heavy atom. The van der Waals surface area contributed by atoms with Gasteiger partial charge < -0.3 is 4.90 Å². The van der Waals surface area contributed by atoms with Crippen molar-refractivity contribution in [1.82, 2.24) is 0 Å². The maximum Gasteiger partial charge on any atom is 0.227 e. The standard InChI is InChI=1S/C19H31NO/c1-5-6-7-8-12-15-20(17-13-10-9-11-14-17)18(21)16-19(2,3)4/h9-11,13-14H,5-8,12,15-16H2,1-4H3. The summed E-state index contributed by atoms with van der Waals surface area (Å²) in [4.78, 5) is 14.6. The van der Waals surface area contributed by atoms with Gasteiger partial charge in [-0.25, -0.2) is 0 Å². The largest absolute Gasteiger partial charge is 0.312 e. The summed E-state index contributed by atoms with van der Waals surface area (Å²) in [6.07, 6.45) is 6.71. The smallest absolute Gasteiger partial charge is 0.227 e. The molecule has 0 aliphatic rings. The van der Waals surface area contributed by atoms with Gasteiger partial charge in [0.25, 0.3) is 0 Å². The van der Waals surface area contributed by atoms with Crippen molar-refractivity contribution in [2.24, 2.45) is 5.41 Å². The van der Waals surface area contributed by atoms with Gasteiger partial charge in [-0.05, 0) is 24.0 Å². The number of hydrogen-bond donors (Lipinski definition) is 0. The molecule has 0 aliphatic heterocycles. The molecule has 1 rings (SSSR count). The van der Waals surface area contributed by atoms with E-state index in [4.69, 9.17) is 0 Å². The van der Waals surface area contributed by atoms with Gasteiger partial charge in [-0.15, -0.1) is 0 Å². The molecule has 0 spiro atoms. The number of carbonyl (C=O) groups excluding carboxylic acids is 1. The number of rotatable bonds is 8. The van der Waals surface area contributed by atoms with Crippen molar-refractivity contribution in [3.63, 3.8) is 0 Å². The Balaban J connectivity index is 2.65. The lowest BCUT2D eigenvalue weighted by molar-refractivity contribution is -0.120. The summed E-state index contributed by atoms with van der Waals surface area (Å²) in [6.45, 7) is 9.42. The van der Waals surface area contributed by atoms with Gasteiger partial charge in [-0.2, -0.15) is 0 Å². The second kappa shape index (κ2) is 8.86. The molecule has 1 amide bonds. The van der Waals surface area contributed by atoms with Gasteiger partial charge in [-0.1, -0.05) is 71.6 Å². The van der Waals surface area contributed by atoms with Crippen molar-refractivity contribution in [2.75, 3.05) is 11.4 Å². The summed E-state index contributed by atoms with van der Waals surface area (Å²) in [5, 5.41) is 0. The number of unbranched alkanes of at least 4 members (excludes halogenated alkanes) is 4. The summed E-state index contributed by atoms with van der Waals surface area (Å²) in [5.41, 5.74) is 1.06. The molecule has 118 valence electrons. The first-order chi connectivity index (χ1) is 9.94. The third-order valence-corrected chi connectivity index (χ3v) is 3.54. The van der Waals surface area contributed by atoms with Crippen molar-refractivity contribution >= 4 is 11.6 Å². The third kappa shape index (κ3) is 7.31. The molecule has 0 aliphatic carbocycles. The van der Waals surface area contributed by atoms with Gasteiger partial charge in [0, 0.05) is 18.7 Å². The van der Waals surface area contributed by atoms with Crippen LogP contribution in [0.5, 0.6) is 0 Å². The third-order valence-electron chi connectivity index (χ3n) is 3.54. The highest BCUT2D eigenvalue weighted by Gasteiger charge is 2.21. The fraction of sp³-hybridized carbons (Fsp3) is 0.632. The number of amides is 1. The lowest BCUT2D eigenvalue weighted by Crippen LogP contribution is -2.34. The summed E-state index contributed by atoms with van der Waals surface area (Å²) < 4.78 is 0. The summed E-state index contributed by atoms with van der Waals surface area (Å²) in [6, 6.07) is 10.1. The second-order valence-electron chi connectivity index (χ2n) is 7.03. The monoisotopic (exact) mass is 289 g/mol. The van der Waals surface area contributed by atoms with E-state index >= 15 is 0 Å². The zero-order chi connectivity index (χ0) is 15.7. The Bertz CT molecular complexity index is 405. The van der Waals surface area contributed by atoms with E-state index in [1.807, 2.05) is 35.2 Å². The van der Waals surface area contributed by atoms with Gasteiger partial charge >= 0.3 is 0 Å². The number of benzene rings is 1. The highest BCUT2D eigenvalue weighted by molar-refractivity contribution is 5.93. The molecule has 0 unspecified atom stereocenters. The van der Waals surface area contributed by atoms with Gasteiger partial charge in [0.2, 0.25) is 5.91 Å². The van der Waals surface area contributed by atoms with Crippen LogP contribution in [0.25, 0.3) is 0 Å². The Hall–Kier alpha value is -1.31. The average Bonchev–Trinajstić information content (AvgIpc) is 2.41. The second-order valence-corrected chi connectivity index (χ2v) is 7.03. The summed E-state index contributed by atoms with van der Waals surface area (Å²) in [5.74, 6) is 0.240. The molecule has 0 N–H and O–H groups in total. The highest BCUT2D eigenvalue weighted by atomic mass is 16.2. The van der Waals surface area contributed by atoms with Crippen molar-refractivity contribution in [3.05, 3.63) is 30.3 Å². The Morgan fingerprint density at radius 2 is 1.62 bits per heavy atom. The predicted molar refractivity (Wildman–Crippen MR) is 91.6 cm³/mol. The molecule has 1 aromatic rings. The zero-order valence-corrected chi connectivity index (χ0v) is 14.2. The van der Waals surface area contributed by atoms with E-state index in [9.17, 15) is 4.79 Å². The lowest BCUT2D eigenvalue weighted by Gasteiger charge is -2.27. The van der Waals surface area contributed by atoms with Crippen LogP contribution in [0.4, 0.5) is 5.69 Å². The van der Waals surface area contributed by atoms with Crippen LogP contribution in [-0.4, -0.2) is 12.5 Å². The molecule has 0 bridgehead atoms. The summed E-state index contributed by atoms with van der Waals surface area (Å²) in [7, 11) is 0. The number of para-hydroxylation sites is 1. The molecular weight excluding hydrogens is 258 g/mol. The molecule has 0 aromatic heterocycles. The molecule has 0 atom stereocenters. The predicted octanol–water partition coefficient (Wildman–Crippen LogP) is 5.43. The molecule has 1 aromatic carbocycles. The van der Waals surface area contributed by atoms with Crippen LogP contribution >= 0.6 is 0 Å². The maximum atomic E-state index is 12.6. The summed E-state index contributed by atoms with van der Waals surface area (Å²) >= 11 is 0. The van der Waals surface area contributed by atoms with Crippen LogP contribution in [0.3, 0.4) is 0 Å². The van der Waals surface area contributed by atoms with Crippen LogP contribution in [-0.2, 0) is 4.79 Å². The minimum Gasteiger partial charge on any atom is -0.312 e. The molecule has 0 heterocycles. The highest BCUT2D eigenvalue weighted by Crippen LogP contribution is 2.23. The number of nitrogens with zero attached hydrogens (tertiary/aromatic N) is 1. The Kier molecular flexibility index (Phi) is 7.49. The van der Waals surface area contributed by atoms with E-state index in [0.29, 0.717) is 6.42 Å². The number of anilines is 1. The van der Waals surface area contributed by atoms with Crippen LogP contribution in [0.2, 0.25) is 0 Å². The fourth-order valence-corrected chi connectivity index (χ4v) is 2.43. The van der Waals surface area contributed by atoms with Crippen LogP contribution in [0, 0.1) is 5.41 Å². The van der Waals surface area contributed by atoms with Crippen molar-refractivity contribution in [3.8, 4) is 0 Å². The van der Waals surface area contributed by atoms with E-state index < -0.39 is 0 Å². The molecule has 2 nitrogen and oxygen atoms in total. The van der Waals surface area contributed by atoms with Crippen molar-refractivity contribution in [2.45, 2.75) is 66.2 Å². The number of carbonyl (C=O) groups is 1. The Morgan fingerprint density at radius 3 is 2.19 bits per heavy atom. The molecule has 0 saturated heterocycles. The van der Waals surface area contributed by atoms with Gasteiger partial charge in [0.05, 0.1) is 0 Å². The van der Waals surface area contributed by atoms with Gasteiger partial charge in [0.15, 0.2) is 0 Å².